The first-order valence-corrected chi connectivity index (χ1v) is 11.8. The molecule has 0 fully saturated rings. The molecule has 32 heavy (non-hydrogen) atoms. The van der Waals surface area contributed by atoms with E-state index in [1.54, 1.807) is 31.2 Å². The molecule has 0 aromatic heterocycles. The van der Waals surface area contributed by atoms with Crippen molar-refractivity contribution in [1.29, 1.82) is 0 Å². The van der Waals surface area contributed by atoms with E-state index >= 15 is 0 Å². The zero-order chi connectivity index (χ0) is 23.5. The number of benzene rings is 3. The summed E-state index contributed by atoms with van der Waals surface area (Å²) in [4.78, 5) is 12.6. The van der Waals surface area contributed by atoms with Crippen molar-refractivity contribution in [2.45, 2.75) is 45.6 Å². The molecule has 0 spiro atoms. The molecule has 3 aromatic carbocycles. The van der Waals surface area contributed by atoms with E-state index in [4.69, 9.17) is 4.74 Å². The molecular weight excluding hydrogens is 424 g/mol. The Balaban J connectivity index is 1.66. The summed E-state index contributed by atoms with van der Waals surface area (Å²) >= 11 is 0. The van der Waals surface area contributed by atoms with Crippen LogP contribution in [0.4, 0.5) is 11.4 Å². The van der Waals surface area contributed by atoms with Crippen LogP contribution in [0, 0.1) is 27.7 Å². The Morgan fingerprint density at radius 1 is 0.844 bits per heavy atom. The molecule has 6 nitrogen and oxygen atoms in total. The highest BCUT2D eigenvalue weighted by Gasteiger charge is 2.18. The molecule has 2 N–H and O–H groups in total. The van der Waals surface area contributed by atoms with E-state index in [-0.39, 0.29) is 10.8 Å². The number of carbonyl (C=O) groups excluding carboxylic acids is 1. The van der Waals surface area contributed by atoms with Gasteiger partial charge in [0.05, 0.1) is 4.90 Å². The second-order valence-corrected chi connectivity index (χ2v) is 9.56. The number of ether oxygens (including phenoxy) is 1. The van der Waals surface area contributed by atoms with Crippen molar-refractivity contribution in [2.75, 3.05) is 10.0 Å². The molecule has 0 saturated carbocycles. The maximum absolute atomic E-state index is 12.7. The molecule has 0 aliphatic carbocycles. The Hall–Kier alpha value is -3.32. The lowest BCUT2D eigenvalue weighted by Gasteiger charge is -2.17. The highest BCUT2D eigenvalue weighted by Crippen LogP contribution is 2.23. The van der Waals surface area contributed by atoms with Crippen molar-refractivity contribution in [1.82, 2.24) is 0 Å². The number of anilines is 2. The summed E-state index contributed by atoms with van der Waals surface area (Å²) in [6, 6.07) is 17.1. The quantitative estimate of drug-likeness (QED) is 0.521. The van der Waals surface area contributed by atoms with Gasteiger partial charge in [-0.2, -0.15) is 0 Å². The standard InChI is InChI=1S/C25H28N2O4S/c1-16-9-10-22(15-18(16)3)27-32(29,30)23-13-11-21(12-14-23)26-25(28)20(5)31-24-8-6-7-17(2)19(24)4/h6-15,20,27H,1-5H3,(H,26,28). The van der Waals surface area contributed by atoms with Crippen molar-refractivity contribution in [3.05, 3.63) is 82.9 Å². The van der Waals surface area contributed by atoms with Crippen molar-refractivity contribution in [3.8, 4) is 5.75 Å². The number of nitrogens with one attached hydrogen (secondary N) is 2. The minimum absolute atomic E-state index is 0.105. The molecule has 0 aliphatic rings. The summed E-state index contributed by atoms with van der Waals surface area (Å²) < 4.78 is 33.8. The van der Waals surface area contributed by atoms with Crippen LogP contribution in [0.3, 0.4) is 0 Å². The smallest absolute Gasteiger partial charge is 0.265 e. The van der Waals surface area contributed by atoms with Crippen LogP contribution in [-0.4, -0.2) is 20.4 Å². The van der Waals surface area contributed by atoms with Gasteiger partial charge in [0.25, 0.3) is 15.9 Å². The number of hydrogen-bond donors (Lipinski definition) is 2. The average Bonchev–Trinajstić information content (AvgIpc) is 2.74. The van der Waals surface area contributed by atoms with Gasteiger partial charge in [0.1, 0.15) is 5.75 Å². The van der Waals surface area contributed by atoms with Crippen LogP contribution in [0.15, 0.2) is 65.6 Å². The Morgan fingerprint density at radius 2 is 1.50 bits per heavy atom. The molecule has 1 amide bonds. The van der Waals surface area contributed by atoms with Gasteiger partial charge in [0, 0.05) is 11.4 Å². The molecule has 0 radical (unpaired) electrons. The summed E-state index contributed by atoms with van der Waals surface area (Å²) in [5.41, 5.74) is 5.14. The fourth-order valence-electron chi connectivity index (χ4n) is 3.08. The molecular formula is C25H28N2O4S. The Morgan fingerprint density at radius 3 is 2.16 bits per heavy atom. The van der Waals surface area contributed by atoms with Crippen LogP contribution in [0.5, 0.6) is 5.75 Å². The summed E-state index contributed by atoms with van der Waals surface area (Å²) in [5, 5.41) is 2.76. The van der Waals surface area contributed by atoms with Gasteiger partial charge in [-0.15, -0.1) is 0 Å². The Kier molecular flexibility index (Phi) is 6.89. The molecule has 3 rings (SSSR count). The average molecular weight is 453 g/mol. The van der Waals surface area contributed by atoms with Gasteiger partial charge < -0.3 is 10.1 Å². The van der Waals surface area contributed by atoms with Crippen molar-refractivity contribution >= 4 is 27.3 Å². The highest BCUT2D eigenvalue weighted by atomic mass is 32.2. The second kappa shape index (κ2) is 9.44. The lowest BCUT2D eigenvalue weighted by molar-refractivity contribution is -0.122. The van der Waals surface area contributed by atoms with Crippen LogP contribution in [0.2, 0.25) is 0 Å². The van der Waals surface area contributed by atoms with Gasteiger partial charge >= 0.3 is 0 Å². The van der Waals surface area contributed by atoms with Crippen LogP contribution >= 0.6 is 0 Å². The van der Waals surface area contributed by atoms with Gasteiger partial charge in [-0.3, -0.25) is 9.52 Å². The number of aryl methyl sites for hydroxylation is 3. The third kappa shape index (κ3) is 5.48. The highest BCUT2D eigenvalue weighted by molar-refractivity contribution is 7.92. The van der Waals surface area contributed by atoms with Gasteiger partial charge in [-0.05, 0) is 99.3 Å². The van der Waals surface area contributed by atoms with Gasteiger partial charge in [0.15, 0.2) is 6.10 Å². The molecule has 1 unspecified atom stereocenters. The minimum atomic E-state index is -3.74. The fourth-order valence-corrected chi connectivity index (χ4v) is 4.13. The number of rotatable bonds is 7. The van der Waals surface area contributed by atoms with Crippen molar-refractivity contribution in [2.24, 2.45) is 0 Å². The lowest BCUT2D eigenvalue weighted by atomic mass is 10.1. The maximum Gasteiger partial charge on any atom is 0.265 e. The largest absolute Gasteiger partial charge is 0.481 e. The normalized spacial score (nSPS) is 12.2. The monoisotopic (exact) mass is 452 g/mol. The first kappa shape index (κ1) is 23.3. The molecule has 3 aromatic rings. The summed E-state index contributed by atoms with van der Waals surface area (Å²) in [7, 11) is -3.74. The lowest BCUT2D eigenvalue weighted by Crippen LogP contribution is -2.30. The third-order valence-corrected chi connectivity index (χ3v) is 6.82. The summed E-state index contributed by atoms with van der Waals surface area (Å²) in [5.74, 6) is 0.335. The topological polar surface area (TPSA) is 84.5 Å². The second-order valence-electron chi connectivity index (χ2n) is 7.88. The van der Waals surface area contributed by atoms with E-state index in [2.05, 4.69) is 10.0 Å². The maximum atomic E-state index is 12.7. The van der Waals surface area contributed by atoms with Gasteiger partial charge in [-0.25, -0.2) is 8.42 Å². The first-order chi connectivity index (χ1) is 15.1. The number of sulfonamides is 1. The minimum Gasteiger partial charge on any atom is -0.481 e. The predicted octanol–water partition coefficient (Wildman–Crippen LogP) is 5.13. The Labute approximate surface area is 189 Å². The fraction of sp³-hybridized carbons (Fsp3) is 0.240. The first-order valence-electron chi connectivity index (χ1n) is 10.3. The molecule has 1 atom stereocenters. The molecule has 0 heterocycles. The third-order valence-electron chi connectivity index (χ3n) is 5.42. The van der Waals surface area contributed by atoms with E-state index in [1.165, 1.54) is 12.1 Å². The molecule has 0 bridgehead atoms. The summed E-state index contributed by atoms with van der Waals surface area (Å²) in [6.07, 6.45) is -0.717. The van der Waals surface area contributed by atoms with Crippen LogP contribution in [0.25, 0.3) is 0 Å². The zero-order valence-corrected chi connectivity index (χ0v) is 19.7. The summed E-state index contributed by atoms with van der Waals surface area (Å²) in [6.45, 7) is 9.49. The van der Waals surface area contributed by atoms with E-state index in [1.807, 2.05) is 52.0 Å². The number of carbonyl (C=O) groups is 1. The number of amides is 1. The van der Waals surface area contributed by atoms with Gasteiger partial charge in [0.2, 0.25) is 0 Å². The number of hydrogen-bond acceptors (Lipinski definition) is 4. The van der Waals surface area contributed by atoms with Gasteiger partial charge in [-0.1, -0.05) is 18.2 Å². The van der Waals surface area contributed by atoms with E-state index in [9.17, 15) is 13.2 Å². The van der Waals surface area contributed by atoms with E-state index in [0.717, 1.165) is 22.3 Å². The van der Waals surface area contributed by atoms with Crippen LogP contribution in [-0.2, 0) is 14.8 Å². The SMILES string of the molecule is Cc1ccc(NS(=O)(=O)c2ccc(NC(=O)C(C)Oc3cccc(C)c3C)cc2)cc1C. The molecule has 168 valence electrons. The van der Waals surface area contributed by atoms with Crippen molar-refractivity contribution < 1.29 is 17.9 Å². The van der Waals surface area contributed by atoms with Crippen LogP contribution < -0.4 is 14.8 Å². The van der Waals surface area contributed by atoms with Crippen molar-refractivity contribution in [3.63, 3.8) is 0 Å². The molecule has 0 saturated heterocycles. The zero-order valence-electron chi connectivity index (χ0n) is 18.9. The Bertz CT molecular complexity index is 1240. The van der Waals surface area contributed by atoms with Crippen LogP contribution in [0.1, 0.15) is 29.2 Å². The molecule has 0 aliphatic heterocycles. The van der Waals surface area contributed by atoms with E-state index in [0.29, 0.717) is 17.1 Å². The predicted molar refractivity (Wildman–Crippen MR) is 128 cm³/mol. The molecule has 7 heteroatoms. The van der Waals surface area contributed by atoms with E-state index < -0.39 is 16.1 Å².